The Balaban J connectivity index is 0. The Kier molecular flexibility index (Phi) is 15.5. The summed E-state index contributed by atoms with van der Waals surface area (Å²) in [4.78, 5) is 0. The molecule has 2 heteroatoms. The molecule has 0 radical (unpaired) electrons. The fourth-order valence-electron chi connectivity index (χ4n) is 0.354. The van der Waals surface area contributed by atoms with Gasteiger partial charge in [-0.05, 0) is 0 Å². The molecule has 0 N–H and O–H groups in total. The first-order chi connectivity index (χ1) is 2.41. The van der Waals surface area contributed by atoms with Crippen molar-refractivity contribution in [2.75, 3.05) is 0 Å². The van der Waals surface area contributed by atoms with E-state index in [0.29, 0.717) is 0 Å². The van der Waals surface area contributed by atoms with Gasteiger partial charge >= 0.3 is 42.6 Å². The van der Waals surface area contributed by atoms with E-state index in [1.54, 1.807) is 0 Å². The van der Waals surface area contributed by atoms with Crippen LogP contribution in [-0.2, 0) is 0 Å². The molecular weight excluding hydrogens is 90.4 g/mol. The average molecular weight is 101 g/mol. The summed E-state index contributed by atoms with van der Waals surface area (Å²) in [5, 5.41) is 1.34. The van der Waals surface area contributed by atoms with Gasteiger partial charge in [-0.25, -0.2) is 0 Å². The van der Waals surface area contributed by atoms with Crippen LogP contribution in [0.5, 0.6) is 0 Å². The summed E-state index contributed by atoms with van der Waals surface area (Å²) in [6.45, 7) is 2.21. The Labute approximate surface area is 55.3 Å². The Morgan fingerprint density at radius 1 is 1.50 bits per heavy atom. The summed E-state index contributed by atoms with van der Waals surface area (Å²) in [6, 6.07) is 0. The summed E-state index contributed by atoms with van der Waals surface area (Å²) in [5.74, 6) is 0. The predicted octanol–water partition coefficient (Wildman–Crippen LogP) is 1.80. The van der Waals surface area contributed by atoms with E-state index in [1.165, 1.54) is 17.9 Å². The molecule has 0 aromatic heterocycles. The number of unbranched alkanes of at least 4 members (excludes halogenated alkanes) is 1. The van der Waals surface area contributed by atoms with Crippen LogP contribution in [0.25, 0.3) is 0 Å². The van der Waals surface area contributed by atoms with Crippen molar-refractivity contribution >= 4 is 30.1 Å². The van der Waals surface area contributed by atoms with Crippen LogP contribution in [0.15, 0.2) is 0 Å². The molecule has 34 valence electrons. The standard InChI is InChI=1S/C4H9.ClH.Li/c1-3-4-2;;/h1,3-4H2,2H3;1H;. The van der Waals surface area contributed by atoms with Crippen molar-refractivity contribution in [2.45, 2.75) is 24.9 Å². The molecule has 0 aromatic carbocycles. The van der Waals surface area contributed by atoms with Crippen molar-refractivity contribution in [1.82, 2.24) is 0 Å². The van der Waals surface area contributed by atoms with Crippen LogP contribution in [0, 0.1) is 0 Å². The Hall–Kier alpha value is 0.887. The third kappa shape index (κ3) is 8.86. The molecule has 0 aromatic rings. The molecule has 0 saturated heterocycles. The predicted molar refractivity (Wildman–Crippen MR) is 32.7 cm³/mol. The SMILES string of the molecule is Cl.[Li][CH2]CCC. The molecule has 0 bridgehead atoms. The van der Waals surface area contributed by atoms with E-state index >= 15 is 0 Å². The van der Waals surface area contributed by atoms with E-state index in [9.17, 15) is 0 Å². The number of halogens is 1. The van der Waals surface area contributed by atoms with Gasteiger partial charge in [0.05, 0.1) is 0 Å². The van der Waals surface area contributed by atoms with Gasteiger partial charge in [0.1, 0.15) is 0 Å². The van der Waals surface area contributed by atoms with Gasteiger partial charge in [0.25, 0.3) is 0 Å². The third-order valence-electron chi connectivity index (χ3n) is 0.707. The van der Waals surface area contributed by atoms with E-state index < -0.39 is 0 Å². The number of hydrogen-bond acceptors (Lipinski definition) is 0. The maximum atomic E-state index is 2.21. The van der Waals surface area contributed by atoms with Crippen LogP contribution in [0.4, 0.5) is 0 Å². The van der Waals surface area contributed by atoms with Gasteiger partial charge in [0, 0.05) is 0 Å². The second-order valence-corrected chi connectivity index (χ2v) is 1.35. The van der Waals surface area contributed by atoms with Gasteiger partial charge in [0.15, 0.2) is 0 Å². The van der Waals surface area contributed by atoms with Gasteiger partial charge in [-0.15, -0.1) is 12.4 Å². The maximum absolute atomic E-state index is 2.21. The fourth-order valence-corrected chi connectivity index (χ4v) is 0.354. The van der Waals surface area contributed by atoms with Crippen molar-refractivity contribution in [3.05, 3.63) is 0 Å². The van der Waals surface area contributed by atoms with Crippen LogP contribution in [0.3, 0.4) is 0 Å². The van der Waals surface area contributed by atoms with Crippen molar-refractivity contribution in [2.24, 2.45) is 0 Å². The molecule has 0 unspecified atom stereocenters. The molecular formula is C4H10ClLi. The average Bonchev–Trinajstić information content (AvgIpc) is 1.41. The quantitative estimate of drug-likeness (QED) is 0.464. The van der Waals surface area contributed by atoms with E-state index in [2.05, 4.69) is 24.6 Å². The van der Waals surface area contributed by atoms with Crippen molar-refractivity contribution < 1.29 is 0 Å². The van der Waals surface area contributed by atoms with Crippen LogP contribution in [-0.4, -0.2) is 17.7 Å². The van der Waals surface area contributed by atoms with Gasteiger partial charge in [-0.2, -0.15) is 0 Å². The zero-order chi connectivity index (χ0) is 4.12. The normalized spacial score (nSPS) is 7.17. The van der Waals surface area contributed by atoms with Gasteiger partial charge in [0.2, 0.25) is 0 Å². The monoisotopic (exact) mass is 100 g/mol. The van der Waals surface area contributed by atoms with Crippen molar-refractivity contribution in [3.8, 4) is 0 Å². The van der Waals surface area contributed by atoms with E-state index in [-0.39, 0.29) is 12.4 Å². The van der Waals surface area contributed by atoms with E-state index in [4.69, 9.17) is 0 Å². The molecule has 6 heavy (non-hydrogen) atoms. The van der Waals surface area contributed by atoms with Crippen molar-refractivity contribution in [1.29, 1.82) is 0 Å². The molecule has 0 fully saturated rings. The van der Waals surface area contributed by atoms with Gasteiger partial charge in [-0.3, -0.25) is 0 Å². The zero-order valence-electron chi connectivity index (χ0n) is 4.53. The fraction of sp³-hybridized carbons (Fsp3) is 1.00. The molecule has 0 rings (SSSR count). The molecule has 0 atom stereocenters. The number of rotatable bonds is 2. The second-order valence-electron chi connectivity index (χ2n) is 1.35. The summed E-state index contributed by atoms with van der Waals surface area (Å²) in [5.41, 5.74) is 0. The van der Waals surface area contributed by atoms with E-state index in [0.717, 1.165) is 0 Å². The van der Waals surface area contributed by atoms with Gasteiger partial charge < -0.3 is 0 Å². The molecule has 0 aliphatic rings. The summed E-state index contributed by atoms with van der Waals surface area (Å²) < 4.78 is 0. The Morgan fingerprint density at radius 2 is 2.00 bits per heavy atom. The van der Waals surface area contributed by atoms with Crippen LogP contribution in [0.2, 0.25) is 5.09 Å². The summed E-state index contributed by atoms with van der Waals surface area (Å²) >= 11 is 2.21. The molecule has 0 saturated carbocycles. The minimum absolute atomic E-state index is 0. The molecule has 0 aliphatic heterocycles. The molecule has 0 spiro atoms. The first-order valence-corrected chi connectivity index (χ1v) is 2.41. The minimum atomic E-state index is 0. The Morgan fingerprint density at radius 3 is 2.00 bits per heavy atom. The van der Waals surface area contributed by atoms with Crippen LogP contribution < -0.4 is 0 Å². The van der Waals surface area contributed by atoms with E-state index in [1.807, 2.05) is 0 Å². The molecule has 0 amide bonds. The number of hydrogen-bond donors (Lipinski definition) is 0. The molecule has 0 heterocycles. The summed E-state index contributed by atoms with van der Waals surface area (Å²) in [6.07, 6.45) is 2.73. The molecule has 0 nitrogen and oxygen atoms in total. The third-order valence-corrected chi connectivity index (χ3v) is 0.707. The first-order valence-electron chi connectivity index (χ1n) is 2.41. The second kappa shape index (κ2) is 9.31. The topological polar surface area (TPSA) is 0 Å². The van der Waals surface area contributed by atoms with Crippen molar-refractivity contribution in [3.63, 3.8) is 0 Å². The van der Waals surface area contributed by atoms with Crippen LogP contribution in [0.1, 0.15) is 19.8 Å². The molecule has 0 aliphatic carbocycles. The summed E-state index contributed by atoms with van der Waals surface area (Å²) in [7, 11) is 0. The zero-order valence-corrected chi connectivity index (χ0v) is 5.35. The van der Waals surface area contributed by atoms with Gasteiger partial charge in [-0.1, -0.05) is 0 Å². The first kappa shape index (κ1) is 9.99. The van der Waals surface area contributed by atoms with Crippen LogP contribution >= 0.6 is 12.4 Å². The Bertz CT molecular complexity index is 15.0.